The van der Waals surface area contributed by atoms with Crippen LogP contribution in [-0.4, -0.2) is 18.8 Å². The van der Waals surface area contributed by atoms with E-state index >= 15 is 0 Å². The van der Waals surface area contributed by atoms with E-state index in [1.165, 1.54) is 12.7 Å². The smallest absolute Gasteiger partial charge is 0.306 e. The van der Waals surface area contributed by atoms with Crippen LogP contribution in [0.2, 0.25) is 0 Å². The summed E-state index contributed by atoms with van der Waals surface area (Å²) in [5.41, 5.74) is 7.97. The molecule has 0 aliphatic heterocycles. The van der Waals surface area contributed by atoms with Gasteiger partial charge in [-0.05, 0) is 42.9 Å². The predicted molar refractivity (Wildman–Crippen MR) is 80.0 cm³/mol. The standard InChI is InChI=1S/C15H21NO2S/c1-11(12-3-5-13(16)6-4-12)19-10-15(7-8-15)9-14(17)18-2/h3-6,11H,7-10,16H2,1-2H3. The molecule has 0 spiro atoms. The molecule has 1 saturated carbocycles. The van der Waals surface area contributed by atoms with Crippen molar-refractivity contribution in [2.24, 2.45) is 5.41 Å². The molecule has 0 amide bonds. The maximum absolute atomic E-state index is 11.4. The van der Waals surface area contributed by atoms with Gasteiger partial charge in [0.25, 0.3) is 0 Å². The van der Waals surface area contributed by atoms with Crippen molar-refractivity contribution in [1.82, 2.24) is 0 Å². The number of benzene rings is 1. The lowest BCUT2D eigenvalue weighted by Gasteiger charge is -2.17. The van der Waals surface area contributed by atoms with Crippen molar-refractivity contribution in [3.63, 3.8) is 0 Å². The molecule has 104 valence electrons. The van der Waals surface area contributed by atoms with Gasteiger partial charge in [0.15, 0.2) is 0 Å². The molecule has 0 aromatic heterocycles. The van der Waals surface area contributed by atoms with Crippen molar-refractivity contribution in [2.45, 2.75) is 31.4 Å². The summed E-state index contributed by atoms with van der Waals surface area (Å²) >= 11 is 1.91. The highest BCUT2D eigenvalue weighted by atomic mass is 32.2. The summed E-state index contributed by atoms with van der Waals surface area (Å²) in [5.74, 6) is 0.937. The van der Waals surface area contributed by atoms with Crippen molar-refractivity contribution in [3.05, 3.63) is 29.8 Å². The molecular weight excluding hydrogens is 258 g/mol. The van der Waals surface area contributed by atoms with Gasteiger partial charge in [0, 0.05) is 16.7 Å². The Hall–Kier alpha value is -1.16. The van der Waals surface area contributed by atoms with E-state index in [0.717, 1.165) is 24.3 Å². The molecule has 1 fully saturated rings. The Morgan fingerprint density at radius 3 is 2.58 bits per heavy atom. The molecule has 1 aromatic rings. The summed E-state index contributed by atoms with van der Waals surface area (Å²) in [4.78, 5) is 11.4. The fourth-order valence-electron chi connectivity index (χ4n) is 2.09. The summed E-state index contributed by atoms with van der Waals surface area (Å²) in [7, 11) is 1.46. The normalized spacial score (nSPS) is 17.8. The molecule has 0 bridgehead atoms. The predicted octanol–water partition coefficient (Wildman–Crippen LogP) is 3.41. The molecule has 19 heavy (non-hydrogen) atoms. The maximum Gasteiger partial charge on any atom is 0.306 e. The van der Waals surface area contributed by atoms with Crippen LogP contribution in [-0.2, 0) is 9.53 Å². The highest BCUT2D eigenvalue weighted by Gasteiger charge is 2.44. The van der Waals surface area contributed by atoms with Gasteiger partial charge in [0.05, 0.1) is 13.5 Å². The van der Waals surface area contributed by atoms with Crippen LogP contribution >= 0.6 is 11.8 Å². The average molecular weight is 279 g/mol. The monoisotopic (exact) mass is 279 g/mol. The molecule has 3 nitrogen and oxygen atoms in total. The van der Waals surface area contributed by atoms with Gasteiger partial charge in [0.1, 0.15) is 0 Å². The summed E-state index contributed by atoms with van der Waals surface area (Å²) in [5, 5.41) is 0.427. The quantitative estimate of drug-likeness (QED) is 0.640. The first-order valence-electron chi connectivity index (χ1n) is 6.58. The van der Waals surface area contributed by atoms with Crippen LogP contribution in [0.3, 0.4) is 0 Å². The van der Waals surface area contributed by atoms with E-state index < -0.39 is 0 Å². The number of ether oxygens (including phenoxy) is 1. The molecule has 4 heteroatoms. The summed E-state index contributed by atoms with van der Waals surface area (Å²) in [6.45, 7) is 2.20. The van der Waals surface area contributed by atoms with Gasteiger partial charge in [-0.15, -0.1) is 0 Å². The van der Waals surface area contributed by atoms with Crippen LogP contribution < -0.4 is 5.73 Å². The second-order valence-corrected chi connectivity index (χ2v) is 6.70. The number of methoxy groups -OCH3 is 1. The SMILES string of the molecule is COC(=O)CC1(CSC(C)c2ccc(N)cc2)CC1. The largest absolute Gasteiger partial charge is 0.469 e. The van der Waals surface area contributed by atoms with Gasteiger partial charge < -0.3 is 10.5 Å². The summed E-state index contributed by atoms with van der Waals surface area (Å²) < 4.78 is 4.77. The third kappa shape index (κ3) is 3.90. The second kappa shape index (κ2) is 5.87. The number of anilines is 1. The van der Waals surface area contributed by atoms with Crippen LogP contribution in [0.25, 0.3) is 0 Å². The molecule has 1 aliphatic carbocycles. The van der Waals surface area contributed by atoms with E-state index in [-0.39, 0.29) is 11.4 Å². The van der Waals surface area contributed by atoms with Gasteiger partial charge >= 0.3 is 5.97 Å². The summed E-state index contributed by atoms with van der Waals surface area (Å²) in [6.07, 6.45) is 2.85. The zero-order chi connectivity index (χ0) is 13.9. The van der Waals surface area contributed by atoms with Crippen LogP contribution in [0.1, 0.15) is 37.0 Å². The number of nitrogen functional groups attached to an aromatic ring is 1. The zero-order valence-corrected chi connectivity index (χ0v) is 12.3. The number of thioether (sulfide) groups is 1. The van der Waals surface area contributed by atoms with Crippen molar-refractivity contribution >= 4 is 23.4 Å². The minimum absolute atomic E-state index is 0.0850. The maximum atomic E-state index is 11.4. The Morgan fingerprint density at radius 2 is 2.05 bits per heavy atom. The van der Waals surface area contributed by atoms with Crippen LogP contribution in [0.15, 0.2) is 24.3 Å². The molecule has 1 aromatic carbocycles. The lowest BCUT2D eigenvalue weighted by atomic mass is 10.1. The van der Waals surface area contributed by atoms with E-state index in [1.807, 2.05) is 23.9 Å². The molecule has 2 N–H and O–H groups in total. The molecule has 0 saturated heterocycles. The molecule has 1 unspecified atom stereocenters. The van der Waals surface area contributed by atoms with E-state index in [2.05, 4.69) is 19.1 Å². The van der Waals surface area contributed by atoms with Gasteiger partial charge in [0.2, 0.25) is 0 Å². The number of hydrogen-bond donors (Lipinski definition) is 1. The molecule has 1 atom stereocenters. The number of carbonyl (C=O) groups excluding carboxylic acids is 1. The minimum atomic E-state index is -0.0850. The number of carbonyl (C=O) groups is 1. The first-order chi connectivity index (χ1) is 9.04. The minimum Gasteiger partial charge on any atom is -0.469 e. The van der Waals surface area contributed by atoms with E-state index in [4.69, 9.17) is 10.5 Å². The third-order valence-corrected chi connectivity index (χ3v) is 5.30. The molecule has 0 radical (unpaired) electrons. The van der Waals surface area contributed by atoms with Gasteiger partial charge in [-0.1, -0.05) is 12.1 Å². The fourth-order valence-corrected chi connectivity index (χ4v) is 3.44. The Balaban J connectivity index is 1.85. The van der Waals surface area contributed by atoms with Crippen molar-refractivity contribution < 1.29 is 9.53 Å². The highest BCUT2D eigenvalue weighted by Crippen LogP contribution is 2.52. The number of hydrogen-bond acceptors (Lipinski definition) is 4. The average Bonchev–Trinajstić information content (AvgIpc) is 3.17. The lowest BCUT2D eigenvalue weighted by molar-refractivity contribution is -0.141. The first kappa shape index (κ1) is 14.3. The Bertz CT molecular complexity index is 440. The number of rotatable bonds is 6. The number of esters is 1. The highest BCUT2D eigenvalue weighted by molar-refractivity contribution is 7.99. The van der Waals surface area contributed by atoms with Crippen LogP contribution in [0, 0.1) is 5.41 Å². The van der Waals surface area contributed by atoms with E-state index in [0.29, 0.717) is 11.7 Å². The fraction of sp³-hybridized carbons (Fsp3) is 0.533. The van der Waals surface area contributed by atoms with E-state index in [9.17, 15) is 4.79 Å². The van der Waals surface area contributed by atoms with Gasteiger partial charge in [-0.3, -0.25) is 4.79 Å². The van der Waals surface area contributed by atoms with Gasteiger partial charge in [-0.25, -0.2) is 0 Å². The van der Waals surface area contributed by atoms with E-state index in [1.54, 1.807) is 0 Å². The van der Waals surface area contributed by atoms with Crippen molar-refractivity contribution in [1.29, 1.82) is 0 Å². The topological polar surface area (TPSA) is 52.3 Å². The molecular formula is C15H21NO2S. The summed E-state index contributed by atoms with van der Waals surface area (Å²) in [6, 6.07) is 8.03. The Kier molecular flexibility index (Phi) is 4.40. The Labute approximate surface area is 118 Å². The third-order valence-electron chi connectivity index (χ3n) is 3.75. The Morgan fingerprint density at radius 1 is 1.42 bits per heavy atom. The number of nitrogens with two attached hydrogens (primary N) is 1. The molecule has 1 aliphatic rings. The van der Waals surface area contributed by atoms with Crippen LogP contribution in [0.4, 0.5) is 5.69 Å². The molecule has 0 heterocycles. The van der Waals surface area contributed by atoms with Crippen molar-refractivity contribution in [2.75, 3.05) is 18.6 Å². The zero-order valence-electron chi connectivity index (χ0n) is 11.5. The lowest BCUT2D eigenvalue weighted by Crippen LogP contribution is -2.13. The first-order valence-corrected chi connectivity index (χ1v) is 7.63. The molecule has 2 rings (SSSR count). The second-order valence-electron chi connectivity index (χ2n) is 5.37. The van der Waals surface area contributed by atoms with Crippen LogP contribution in [0.5, 0.6) is 0 Å². The van der Waals surface area contributed by atoms with Crippen molar-refractivity contribution in [3.8, 4) is 0 Å². The van der Waals surface area contributed by atoms with Gasteiger partial charge in [-0.2, -0.15) is 11.8 Å².